The van der Waals surface area contributed by atoms with Gasteiger partial charge in [0.25, 0.3) is 5.91 Å². The number of hydrogen-bond acceptors (Lipinski definition) is 3. The van der Waals surface area contributed by atoms with Crippen molar-refractivity contribution in [2.24, 2.45) is 4.99 Å². The smallest absolute Gasteiger partial charge is 0.279 e. The molecule has 0 spiro atoms. The highest BCUT2D eigenvalue weighted by Gasteiger charge is 2.12. The Bertz CT molecular complexity index is 1300. The number of fused-ring (bicyclic) bond motifs is 1. The highest BCUT2D eigenvalue weighted by Crippen LogP contribution is 2.26. The number of aromatic nitrogens is 1. The molecule has 0 aliphatic carbocycles. The van der Waals surface area contributed by atoms with Crippen molar-refractivity contribution in [2.75, 3.05) is 0 Å². The van der Waals surface area contributed by atoms with E-state index in [0.717, 1.165) is 10.2 Å². The Labute approximate surface area is 176 Å². The van der Waals surface area contributed by atoms with Gasteiger partial charge in [-0.05, 0) is 42.5 Å². The Morgan fingerprint density at radius 1 is 1.07 bits per heavy atom. The van der Waals surface area contributed by atoms with Crippen LogP contribution in [0.1, 0.15) is 10.4 Å². The van der Waals surface area contributed by atoms with Gasteiger partial charge in [-0.3, -0.25) is 4.79 Å². The van der Waals surface area contributed by atoms with Gasteiger partial charge in [-0.25, -0.2) is 0 Å². The molecule has 4 aromatic rings. The summed E-state index contributed by atoms with van der Waals surface area (Å²) in [6.45, 7) is 0.271. The van der Waals surface area contributed by atoms with Crippen molar-refractivity contribution in [2.45, 2.75) is 6.54 Å². The zero-order chi connectivity index (χ0) is 20.2. The lowest BCUT2D eigenvalue weighted by Gasteiger charge is -2.06. The highest BCUT2D eigenvalue weighted by molar-refractivity contribution is 7.16. The first-order valence-corrected chi connectivity index (χ1v) is 9.98. The molecule has 0 radical (unpaired) electrons. The molecule has 0 bridgehead atoms. The first kappa shape index (κ1) is 19.0. The van der Waals surface area contributed by atoms with E-state index in [9.17, 15) is 4.79 Å². The van der Waals surface area contributed by atoms with Crippen LogP contribution in [0.3, 0.4) is 0 Å². The van der Waals surface area contributed by atoms with Gasteiger partial charge >= 0.3 is 0 Å². The second-order valence-electron chi connectivity index (χ2n) is 6.12. The van der Waals surface area contributed by atoms with E-state index in [4.69, 9.17) is 22.8 Å². The van der Waals surface area contributed by atoms with Gasteiger partial charge in [0.05, 0.1) is 21.8 Å². The number of ether oxygens (including phenoxy) is 1. The molecule has 4 rings (SSSR count). The molecule has 0 aliphatic rings. The number of nitrogens with zero attached hydrogens (tertiary/aromatic N) is 2. The lowest BCUT2D eigenvalue weighted by atomic mass is 10.2. The molecule has 0 aliphatic heterocycles. The van der Waals surface area contributed by atoms with Gasteiger partial charge in [-0.2, -0.15) is 4.99 Å². The van der Waals surface area contributed by atoms with Crippen molar-refractivity contribution in [1.82, 2.24) is 4.57 Å². The van der Waals surface area contributed by atoms with E-state index in [1.165, 1.54) is 11.3 Å². The van der Waals surface area contributed by atoms with E-state index in [2.05, 4.69) is 10.9 Å². The molecule has 1 heterocycles. The number of terminal acetylenes is 1. The maximum absolute atomic E-state index is 12.8. The third kappa shape index (κ3) is 4.09. The number of rotatable bonds is 4. The summed E-state index contributed by atoms with van der Waals surface area (Å²) in [5.41, 5.74) is 1.21. The molecule has 0 saturated heterocycles. The molecule has 3 aromatic carbocycles. The van der Waals surface area contributed by atoms with Crippen LogP contribution in [0.15, 0.2) is 77.8 Å². The summed E-state index contributed by atoms with van der Waals surface area (Å²) in [5, 5.41) is 0.571. The van der Waals surface area contributed by atoms with Crippen molar-refractivity contribution < 1.29 is 9.53 Å². The molecule has 29 heavy (non-hydrogen) atoms. The normalized spacial score (nSPS) is 11.4. The molecule has 0 N–H and O–H groups in total. The second-order valence-corrected chi connectivity index (χ2v) is 7.54. The van der Waals surface area contributed by atoms with Crippen LogP contribution < -0.4 is 9.54 Å². The number of para-hydroxylation sites is 2. The van der Waals surface area contributed by atoms with Crippen LogP contribution in [-0.4, -0.2) is 10.5 Å². The summed E-state index contributed by atoms with van der Waals surface area (Å²) in [5.74, 6) is 3.48. The van der Waals surface area contributed by atoms with Gasteiger partial charge in [-0.15, -0.1) is 6.42 Å². The summed E-state index contributed by atoms with van der Waals surface area (Å²) >= 11 is 7.71. The van der Waals surface area contributed by atoms with Crippen molar-refractivity contribution in [3.63, 3.8) is 0 Å². The van der Waals surface area contributed by atoms with Crippen molar-refractivity contribution >= 4 is 39.1 Å². The van der Waals surface area contributed by atoms with Gasteiger partial charge in [0, 0.05) is 5.56 Å². The molecule has 0 unspecified atom stereocenters. The fourth-order valence-corrected chi connectivity index (χ4v) is 4.27. The molecule has 6 heteroatoms. The summed E-state index contributed by atoms with van der Waals surface area (Å²) in [4.78, 5) is 17.6. The summed E-state index contributed by atoms with van der Waals surface area (Å²) < 4.78 is 8.50. The Morgan fingerprint density at radius 3 is 2.62 bits per heavy atom. The van der Waals surface area contributed by atoms with Crippen LogP contribution in [0.25, 0.3) is 10.2 Å². The Kier molecular flexibility index (Phi) is 5.48. The maximum Gasteiger partial charge on any atom is 0.279 e. The number of hydrogen-bond donors (Lipinski definition) is 0. The van der Waals surface area contributed by atoms with Gasteiger partial charge < -0.3 is 9.30 Å². The molecule has 0 fully saturated rings. The van der Waals surface area contributed by atoms with Crippen LogP contribution in [-0.2, 0) is 6.54 Å². The molecular formula is C23H15ClN2O2S. The number of benzene rings is 3. The standard InChI is InChI=1S/C23H15ClN2O2S/c1-2-14-26-21-19(24)12-7-13-20(21)29-23(26)25-22(27)16-8-6-11-18(15-16)28-17-9-4-3-5-10-17/h1,3-13,15H,14H2. The lowest BCUT2D eigenvalue weighted by Crippen LogP contribution is -2.16. The van der Waals surface area contributed by atoms with Crippen LogP contribution in [0.2, 0.25) is 5.02 Å². The highest BCUT2D eigenvalue weighted by atomic mass is 35.5. The molecule has 1 amide bonds. The van der Waals surface area contributed by atoms with Crippen molar-refractivity contribution in [3.05, 3.63) is 88.2 Å². The van der Waals surface area contributed by atoms with Crippen molar-refractivity contribution in [1.29, 1.82) is 0 Å². The number of carbonyl (C=O) groups excluding carboxylic acids is 1. The van der Waals surface area contributed by atoms with Gasteiger partial charge in [0.1, 0.15) is 11.5 Å². The minimum absolute atomic E-state index is 0.271. The van der Waals surface area contributed by atoms with E-state index >= 15 is 0 Å². The first-order chi connectivity index (χ1) is 14.2. The average molecular weight is 419 g/mol. The predicted molar refractivity (Wildman–Crippen MR) is 117 cm³/mol. The van der Waals surface area contributed by atoms with Crippen LogP contribution in [0.4, 0.5) is 0 Å². The van der Waals surface area contributed by atoms with Crippen molar-refractivity contribution in [3.8, 4) is 23.8 Å². The minimum Gasteiger partial charge on any atom is -0.457 e. The van der Waals surface area contributed by atoms with E-state index < -0.39 is 0 Å². The van der Waals surface area contributed by atoms with Gasteiger partial charge in [0.2, 0.25) is 0 Å². The number of carbonyl (C=O) groups is 1. The predicted octanol–water partition coefficient (Wildman–Crippen LogP) is 5.52. The molecule has 142 valence electrons. The molecule has 1 aromatic heterocycles. The number of halogens is 1. The third-order valence-electron chi connectivity index (χ3n) is 4.16. The zero-order valence-electron chi connectivity index (χ0n) is 15.2. The zero-order valence-corrected chi connectivity index (χ0v) is 16.8. The maximum atomic E-state index is 12.8. The topological polar surface area (TPSA) is 43.6 Å². The lowest BCUT2D eigenvalue weighted by molar-refractivity contribution is 0.0997. The fourth-order valence-electron chi connectivity index (χ4n) is 2.88. The Balaban J connectivity index is 1.72. The summed E-state index contributed by atoms with van der Waals surface area (Å²) in [6, 6.07) is 21.9. The molecule has 0 saturated carbocycles. The Morgan fingerprint density at radius 2 is 1.83 bits per heavy atom. The van der Waals surface area contributed by atoms with E-state index in [-0.39, 0.29) is 12.5 Å². The minimum atomic E-state index is -0.378. The largest absolute Gasteiger partial charge is 0.457 e. The molecular weight excluding hydrogens is 404 g/mol. The quantitative estimate of drug-likeness (QED) is 0.409. The monoisotopic (exact) mass is 418 g/mol. The van der Waals surface area contributed by atoms with Crippen LogP contribution >= 0.6 is 22.9 Å². The van der Waals surface area contributed by atoms with E-state index in [0.29, 0.717) is 26.9 Å². The summed E-state index contributed by atoms with van der Waals surface area (Å²) in [7, 11) is 0. The second kappa shape index (κ2) is 8.36. The number of thiazole rings is 1. The third-order valence-corrected chi connectivity index (χ3v) is 5.51. The first-order valence-electron chi connectivity index (χ1n) is 8.79. The van der Waals surface area contributed by atoms with E-state index in [1.54, 1.807) is 34.9 Å². The SMILES string of the molecule is C#CCn1c(=NC(=O)c2cccc(Oc3ccccc3)c2)sc2cccc(Cl)c21. The summed E-state index contributed by atoms with van der Waals surface area (Å²) in [6.07, 6.45) is 5.51. The van der Waals surface area contributed by atoms with Crippen LogP contribution in [0.5, 0.6) is 11.5 Å². The van der Waals surface area contributed by atoms with Gasteiger partial charge in [-0.1, -0.05) is 59.2 Å². The molecule has 4 nitrogen and oxygen atoms in total. The number of amides is 1. The Hall–Kier alpha value is -3.33. The molecule has 0 atom stereocenters. The van der Waals surface area contributed by atoms with Gasteiger partial charge in [0.15, 0.2) is 4.80 Å². The van der Waals surface area contributed by atoms with E-state index in [1.807, 2.05) is 42.5 Å². The van der Waals surface area contributed by atoms with Crippen LogP contribution in [0, 0.1) is 12.3 Å². The fraction of sp³-hybridized carbons (Fsp3) is 0.0435. The average Bonchev–Trinajstić information content (AvgIpc) is 3.07.